The second-order valence-corrected chi connectivity index (χ2v) is 4.44. The van der Waals surface area contributed by atoms with E-state index in [1.807, 2.05) is 17.0 Å². The summed E-state index contributed by atoms with van der Waals surface area (Å²) >= 11 is 0. The summed E-state index contributed by atoms with van der Waals surface area (Å²) in [5, 5.41) is 0. The second kappa shape index (κ2) is 5.79. The lowest BCUT2D eigenvalue weighted by atomic mass is 10.2. The van der Waals surface area contributed by atoms with E-state index >= 15 is 0 Å². The molecule has 1 aliphatic heterocycles. The summed E-state index contributed by atoms with van der Waals surface area (Å²) in [6.07, 6.45) is 1.71. The molecule has 1 fully saturated rings. The number of carbonyl (C=O) groups is 1. The molecule has 1 aromatic heterocycles. The summed E-state index contributed by atoms with van der Waals surface area (Å²) in [6, 6.07) is 3.92. The Morgan fingerprint density at radius 1 is 1.44 bits per heavy atom. The molecule has 0 unspecified atom stereocenters. The van der Waals surface area contributed by atoms with Gasteiger partial charge in [0.2, 0.25) is 5.91 Å². The van der Waals surface area contributed by atoms with Crippen LogP contribution in [0.2, 0.25) is 0 Å². The van der Waals surface area contributed by atoms with Crippen LogP contribution in [0.1, 0.15) is 12.5 Å². The standard InChI is InChI=1S/C12H19N5O/c1-10(18)17-7-5-16(6-8-17)9-11-3-2-4-14-12(11)15-13/h2-4H,5-9,13H2,1H3,(H,14,15). The van der Waals surface area contributed by atoms with E-state index in [1.54, 1.807) is 13.1 Å². The summed E-state index contributed by atoms with van der Waals surface area (Å²) in [7, 11) is 0. The predicted octanol–water partition coefficient (Wildman–Crippen LogP) is 0.0313. The molecule has 98 valence electrons. The van der Waals surface area contributed by atoms with Gasteiger partial charge in [0.1, 0.15) is 5.82 Å². The first kappa shape index (κ1) is 12.8. The molecule has 0 bridgehead atoms. The van der Waals surface area contributed by atoms with Gasteiger partial charge in [0, 0.05) is 51.4 Å². The minimum absolute atomic E-state index is 0.153. The third-order valence-electron chi connectivity index (χ3n) is 3.24. The van der Waals surface area contributed by atoms with Gasteiger partial charge in [0.05, 0.1) is 0 Å². The Labute approximate surface area is 107 Å². The van der Waals surface area contributed by atoms with E-state index in [0.717, 1.165) is 38.3 Å². The molecule has 1 aromatic rings. The first-order valence-corrected chi connectivity index (χ1v) is 6.09. The number of aromatic nitrogens is 1. The van der Waals surface area contributed by atoms with E-state index in [2.05, 4.69) is 15.3 Å². The van der Waals surface area contributed by atoms with E-state index in [9.17, 15) is 4.79 Å². The van der Waals surface area contributed by atoms with Gasteiger partial charge in [-0.3, -0.25) is 9.69 Å². The number of hydrazine groups is 1. The monoisotopic (exact) mass is 249 g/mol. The summed E-state index contributed by atoms with van der Waals surface area (Å²) in [5.74, 6) is 6.30. The topological polar surface area (TPSA) is 74.5 Å². The third kappa shape index (κ3) is 2.96. The van der Waals surface area contributed by atoms with Crippen LogP contribution in [-0.4, -0.2) is 46.9 Å². The van der Waals surface area contributed by atoms with Crippen LogP contribution in [0.25, 0.3) is 0 Å². The number of amides is 1. The van der Waals surface area contributed by atoms with Gasteiger partial charge in [0.25, 0.3) is 0 Å². The van der Waals surface area contributed by atoms with Crippen molar-refractivity contribution < 1.29 is 4.79 Å². The maximum absolute atomic E-state index is 11.2. The van der Waals surface area contributed by atoms with Crippen LogP contribution in [0.5, 0.6) is 0 Å². The van der Waals surface area contributed by atoms with E-state index in [1.165, 1.54) is 0 Å². The van der Waals surface area contributed by atoms with Gasteiger partial charge < -0.3 is 10.3 Å². The molecule has 6 nitrogen and oxygen atoms in total. The Balaban J connectivity index is 1.93. The van der Waals surface area contributed by atoms with Gasteiger partial charge in [-0.15, -0.1) is 0 Å². The molecule has 0 spiro atoms. The van der Waals surface area contributed by atoms with Crippen LogP contribution in [0.4, 0.5) is 5.82 Å². The molecular formula is C12H19N5O. The molecule has 0 saturated carbocycles. The third-order valence-corrected chi connectivity index (χ3v) is 3.24. The quantitative estimate of drug-likeness (QED) is 0.584. The summed E-state index contributed by atoms with van der Waals surface area (Å²) in [4.78, 5) is 19.6. The van der Waals surface area contributed by atoms with Crippen molar-refractivity contribution in [1.29, 1.82) is 0 Å². The van der Waals surface area contributed by atoms with Gasteiger partial charge in [-0.05, 0) is 6.07 Å². The lowest BCUT2D eigenvalue weighted by Gasteiger charge is -2.34. The number of nitrogens with two attached hydrogens (primary N) is 1. The number of rotatable bonds is 3. The lowest BCUT2D eigenvalue weighted by Crippen LogP contribution is -2.47. The molecule has 1 saturated heterocycles. The fourth-order valence-electron chi connectivity index (χ4n) is 2.16. The van der Waals surface area contributed by atoms with E-state index in [-0.39, 0.29) is 5.91 Å². The fraction of sp³-hybridized carbons (Fsp3) is 0.500. The van der Waals surface area contributed by atoms with E-state index in [0.29, 0.717) is 5.82 Å². The van der Waals surface area contributed by atoms with Gasteiger partial charge in [0.15, 0.2) is 0 Å². The highest BCUT2D eigenvalue weighted by atomic mass is 16.2. The van der Waals surface area contributed by atoms with Crippen molar-refractivity contribution in [1.82, 2.24) is 14.8 Å². The SMILES string of the molecule is CC(=O)N1CCN(Cc2cccnc2NN)CC1. The molecule has 0 aliphatic carbocycles. The number of hydrogen-bond donors (Lipinski definition) is 2. The van der Waals surface area contributed by atoms with Crippen molar-refractivity contribution in [3.8, 4) is 0 Å². The first-order chi connectivity index (χ1) is 8.70. The zero-order valence-electron chi connectivity index (χ0n) is 10.6. The van der Waals surface area contributed by atoms with E-state index in [4.69, 9.17) is 5.84 Å². The van der Waals surface area contributed by atoms with Gasteiger partial charge >= 0.3 is 0 Å². The highest BCUT2D eigenvalue weighted by molar-refractivity contribution is 5.73. The molecule has 1 amide bonds. The molecule has 2 heterocycles. The average molecular weight is 249 g/mol. The number of pyridine rings is 1. The maximum Gasteiger partial charge on any atom is 0.219 e. The number of hydrogen-bond acceptors (Lipinski definition) is 5. The zero-order valence-corrected chi connectivity index (χ0v) is 10.6. The van der Waals surface area contributed by atoms with Crippen LogP contribution in [0, 0.1) is 0 Å². The Hall–Kier alpha value is -1.66. The summed E-state index contributed by atoms with van der Waals surface area (Å²) in [5.41, 5.74) is 3.69. The van der Waals surface area contributed by atoms with Crippen LogP contribution in [0.15, 0.2) is 18.3 Å². The fourth-order valence-corrected chi connectivity index (χ4v) is 2.16. The number of anilines is 1. The largest absolute Gasteiger partial charge is 0.340 e. The van der Waals surface area contributed by atoms with Crippen LogP contribution < -0.4 is 11.3 Å². The Morgan fingerprint density at radius 2 is 2.17 bits per heavy atom. The Morgan fingerprint density at radius 3 is 2.78 bits per heavy atom. The van der Waals surface area contributed by atoms with Crippen LogP contribution in [-0.2, 0) is 11.3 Å². The van der Waals surface area contributed by atoms with E-state index < -0.39 is 0 Å². The molecule has 0 aromatic carbocycles. The minimum Gasteiger partial charge on any atom is -0.340 e. The van der Waals surface area contributed by atoms with Crippen molar-refractivity contribution >= 4 is 11.7 Å². The summed E-state index contributed by atoms with van der Waals surface area (Å²) < 4.78 is 0. The van der Waals surface area contributed by atoms with Gasteiger partial charge in [-0.2, -0.15) is 0 Å². The van der Waals surface area contributed by atoms with Crippen molar-refractivity contribution in [2.75, 3.05) is 31.6 Å². The zero-order chi connectivity index (χ0) is 13.0. The van der Waals surface area contributed by atoms with Gasteiger partial charge in [-0.25, -0.2) is 10.8 Å². The highest BCUT2D eigenvalue weighted by Gasteiger charge is 2.19. The normalized spacial score (nSPS) is 16.7. The number of nitrogens with one attached hydrogen (secondary N) is 1. The predicted molar refractivity (Wildman–Crippen MR) is 69.6 cm³/mol. The van der Waals surface area contributed by atoms with Gasteiger partial charge in [-0.1, -0.05) is 6.07 Å². The molecule has 0 atom stereocenters. The number of nitrogen functional groups attached to an aromatic ring is 1. The maximum atomic E-state index is 11.2. The molecule has 6 heteroatoms. The highest BCUT2D eigenvalue weighted by Crippen LogP contribution is 2.14. The molecule has 1 aliphatic rings. The molecule has 18 heavy (non-hydrogen) atoms. The van der Waals surface area contributed by atoms with Crippen molar-refractivity contribution in [2.24, 2.45) is 5.84 Å². The molecule has 0 radical (unpaired) electrons. The van der Waals surface area contributed by atoms with Crippen LogP contribution in [0.3, 0.4) is 0 Å². The molecule has 3 N–H and O–H groups in total. The molecule has 2 rings (SSSR count). The average Bonchev–Trinajstić information content (AvgIpc) is 2.40. The smallest absolute Gasteiger partial charge is 0.219 e. The second-order valence-electron chi connectivity index (χ2n) is 4.44. The van der Waals surface area contributed by atoms with Crippen molar-refractivity contribution in [3.05, 3.63) is 23.9 Å². The number of piperazine rings is 1. The number of carbonyl (C=O) groups excluding carboxylic acids is 1. The molecular weight excluding hydrogens is 230 g/mol. The van der Waals surface area contributed by atoms with Crippen LogP contribution >= 0.6 is 0 Å². The Kier molecular flexibility index (Phi) is 4.11. The minimum atomic E-state index is 0.153. The lowest BCUT2D eigenvalue weighted by molar-refractivity contribution is -0.130. The number of nitrogens with zero attached hydrogens (tertiary/aromatic N) is 3. The van der Waals surface area contributed by atoms with Crippen molar-refractivity contribution in [2.45, 2.75) is 13.5 Å². The first-order valence-electron chi connectivity index (χ1n) is 6.09. The van der Waals surface area contributed by atoms with Crippen molar-refractivity contribution in [3.63, 3.8) is 0 Å². The Bertz CT molecular complexity index is 415. The summed E-state index contributed by atoms with van der Waals surface area (Å²) in [6.45, 7) is 5.78.